The largest absolute Gasteiger partial charge is 0.353 e. The number of hydrogen-bond donors (Lipinski definition) is 1. The number of fused-ring (bicyclic) bond motifs is 1. The van der Waals surface area contributed by atoms with Crippen LogP contribution >= 0.6 is 11.8 Å². The monoisotopic (exact) mass is 282 g/mol. The van der Waals surface area contributed by atoms with Gasteiger partial charge in [0.05, 0.1) is 5.75 Å². The maximum atomic E-state index is 11.8. The Bertz CT molecular complexity index is 432. The highest BCUT2D eigenvalue weighted by atomic mass is 32.2. The van der Waals surface area contributed by atoms with Crippen molar-refractivity contribution in [2.75, 3.05) is 5.75 Å². The van der Waals surface area contributed by atoms with Gasteiger partial charge in [-0.1, -0.05) is 25.1 Å². The van der Waals surface area contributed by atoms with Crippen LogP contribution < -0.4 is 5.32 Å². The summed E-state index contributed by atoms with van der Waals surface area (Å²) in [7, 11) is 0. The second kappa shape index (κ2) is 6.93. The number of aromatic nitrogens is 3. The highest BCUT2D eigenvalue weighted by Gasteiger charge is 2.16. The summed E-state index contributed by atoms with van der Waals surface area (Å²) in [5.74, 6) is 1.57. The molecule has 0 bridgehead atoms. The molecule has 19 heavy (non-hydrogen) atoms. The van der Waals surface area contributed by atoms with Gasteiger partial charge in [-0.05, 0) is 26.2 Å². The van der Waals surface area contributed by atoms with Crippen molar-refractivity contribution in [2.24, 2.45) is 0 Å². The normalized spacial score (nSPS) is 16.5. The summed E-state index contributed by atoms with van der Waals surface area (Å²) in [6.45, 7) is 5.07. The average Bonchev–Trinajstić information content (AvgIpc) is 2.63. The van der Waals surface area contributed by atoms with Crippen LogP contribution in [0.15, 0.2) is 5.16 Å². The number of nitrogens with one attached hydrogen (secondary N) is 1. The lowest BCUT2D eigenvalue weighted by Gasteiger charge is -2.11. The van der Waals surface area contributed by atoms with Crippen LogP contribution in [-0.2, 0) is 17.8 Å². The van der Waals surface area contributed by atoms with Crippen molar-refractivity contribution < 1.29 is 4.79 Å². The second-order valence-electron chi connectivity index (χ2n) is 5.03. The van der Waals surface area contributed by atoms with E-state index in [1.54, 1.807) is 0 Å². The number of carbonyl (C=O) groups is 1. The summed E-state index contributed by atoms with van der Waals surface area (Å²) >= 11 is 1.49. The molecule has 0 spiro atoms. The quantitative estimate of drug-likeness (QED) is 0.839. The molecule has 1 aromatic heterocycles. The van der Waals surface area contributed by atoms with Crippen LogP contribution in [0, 0.1) is 0 Å². The number of thioether (sulfide) groups is 1. The molecule has 6 heteroatoms. The summed E-state index contributed by atoms with van der Waals surface area (Å²) < 4.78 is 2.17. The highest BCUT2D eigenvalue weighted by Crippen LogP contribution is 2.21. The first kappa shape index (κ1) is 14.4. The molecular formula is C13H22N4OS. The van der Waals surface area contributed by atoms with Gasteiger partial charge in [-0.15, -0.1) is 10.2 Å². The van der Waals surface area contributed by atoms with Crippen LogP contribution in [-0.4, -0.2) is 32.5 Å². The minimum absolute atomic E-state index is 0.0744. The Balaban J connectivity index is 1.89. The van der Waals surface area contributed by atoms with Gasteiger partial charge in [0.2, 0.25) is 5.91 Å². The molecule has 0 saturated carbocycles. The fraction of sp³-hybridized carbons (Fsp3) is 0.769. The summed E-state index contributed by atoms with van der Waals surface area (Å²) in [6.07, 6.45) is 5.58. The van der Waals surface area contributed by atoms with Gasteiger partial charge in [-0.25, -0.2) is 0 Å². The summed E-state index contributed by atoms with van der Waals surface area (Å²) in [5.41, 5.74) is 0. The molecule has 1 aliphatic rings. The molecule has 0 saturated heterocycles. The third-order valence-electron chi connectivity index (χ3n) is 3.43. The number of carbonyl (C=O) groups excluding carboxylic acids is 1. The van der Waals surface area contributed by atoms with Crippen molar-refractivity contribution in [2.45, 2.75) is 63.7 Å². The standard InChI is InChI=1S/C13H22N4OS/c1-3-10(2)14-12(18)9-19-13-16-15-11-7-5-4-6-8-17(11)13/h10H,3-9H2,1-2H3,(H,14,18)/t10-/m1/s1. The Morgan fingerprint density at radius 2 is 2.26 bits per heavy atom. The number of aryl methyl sites for hydroxylation is 1. The van der Waals surface area contributed by atoms with Crippen molar-refractivity contribution in [1.82, 2.24) is 20.1 Å². The van der Waals surface area contributed by atoms with Crippen molar-refractivity contribution in [3.05, 3.63) is 5.82 Å². The first-order chi connectivity index (χ1) is 9.20. The van der Waals surface area contributed by atoms with Gasteiger partial charge in [0.1, 0.15) is 5.82 Å². The lowest BCUT2D eigenvalue weighted by molar-refractivity contribution is -0.119. The molecule has 1 aromatic rings. The molecule has 1 amide bonds. The first-order valence-corrected chi connectivity index (χ1v) is 8.03. The third kappa shape index (κ3) is 3.96. The van der Waals surface area contributed by atoms with E-state index in [2.05, 4.69) is 27.0 Å². The van der Waals surface area contributed by atoms with Crippen molar-refractivity contribution in [3.8, 4) is 0 Å². The van der Waals surface area contributed by atoms with E-state index in [0.717, 1.165) is 30.4 Å². The molecule has 1 atom stereocenters. The van der Waals surface area contributed by atoms with Crippen LogP contribution in [0.2, 0.25) is 0 Å². The number of hydrogen-bond acceptors (Lipinski definition) is 4. The number of rotatable bonds is 5. The topological polar surface area (TPSA) is 59.8 Å². The molecule has 1 N–H and O–H groups in total. The smallest absolute Gasteiger partial charge is 0.230 e. The zero-order chi connectivity index (χ0) is 13.7. The van der Waals surface area contributed by atoms with E-state index in [4.69, 9.17) is 0 Å². The van der Waals surface area contributed by atoms with Gasteiger partial charge >= 0.3 is 0 Å². The van der Waals surface area contributed by atoms with Crippen molar-refractivity contribution in [1.29, 1.82) is 0 Å². The second-order valence-corrected chi connectivity index (χ2v) is 5.97. The molecule has 0 aliphatic carbocycles. The average molecular weight is 282 g/mol. The molecule has 106 valence electrons. The maximum absolute atomic E-state index is 11.8. The van der Waals surface area contributed by atoms with Crippen LogP contribution in [0.4, 0.5) is 0 Å². The van der Waals surface area contributed by atoms with Gasteiger partial charge in [0.25, 0.3) is 0 Å². The van der Waals surface area contributed by atoms with E-state index in [9.17, 15) is 4.79 Å². The van der Waals surface area contributed by atoms with E-state index in [-0.39, 0.29) is 11.9 Å². The fourth-order valence-electron chi connectivity index (χ4n) is 2.11. The Labute approximate surface area is 118 Å². The molecule has 0 radical (unpaired) electrons. The van der Waals surface area contributed by atoms with Crippen LogP contribution in [0.1, 0.15) is 45.4 Å². The predicted molar refractivity (Wildman–Crippen MR) is 76.2 cm³/mol. The highest BCUT2D eigenvalue weighted by molar-refractivity contribution is 7.99. The van der Waals surface area contributed by atoms with Crippen molar-refractivity contribution in [3.63, 3.8) is 0 Å². The van der Waals surface area contributed by atoms with Crippen LogP contribution in [0.25, 0.3) is 0 Å². The Kier molecular flexibility index (Phi) is 5.24. The predicted octanol–water partition coefficient (Wildman–Crippen LogP) is 2.01. The molecule has 0 fully saturated rings. The van der Waals surface area contributed by atoms with Crippen LogP contribution in [0.3, 0.4) is 0 Å². The Morgan fingerprint density at radius 3 is 3.05 bits per heavy atom. The summed E-state index contributed by atoms with van der Waals surface area (Å²) in [5, 5.41) is 12.3. The number of nitrogens with zero attached hydrogens (tertiary/aromatic N) is 3. The SMILES string of the molecule is CC[C@@H](C)NC(=O)CSc1nnc2n1CCCCC2. The van der Waals surface area contributed by atoms with Gasteiger partial charge in [0, 0.05) is 19.0 Å². The number of amides is 1. The molecule has 0 unspecified atom stereocenters. The van der Waals surface area contributed by atoms with E-state index in [1.807, 2.05) is 6.92 Å². The Hall–Kier alpha value is -1.04. The zero-order valence-corrected chi connectivity index (χ0v) is 12.5. The lowest BCUT2D eigenvalue weighted by atomic mass is 10.2. The third-order valence-corrected chi connectivity index (χ3v) is 4.39. The first-order valence-electron chi connectivity index (χ1n) is 7.05. The van der Waals surface area contributed by atoms with E-state index < -0.39 is 0 Å². The lowest BCUT2D eigenvalue weighted by Crippen LogP contribution is -2.33. The summed E-state index contributed by atoms with van der Waals surface area (Å²) in [6, 6.07) is 0.239. The Morgan fingerprint density at radius 1 is 1.42 bits per heavy atom. The molecule has 2 rings (SSSR count). The summed E-state index contributed by atoms with van der Waals surface area (Å²) in [4.78, 5) is 11.8. The fourth-order valence-corrected chi connectivity index (χ4v) is 2.91. The molecule has 0 aromatic carbocycles. The molecule has 2 heterocycles. The van der Waals surface area contributed by atoms with Gasteiger partial charge in [-0.2, -0.15) is 0 Å². The zero-order valence-electron chi connectivity index (χ0n) is 11.7. The van der Waals surface area contributed by atoms with E-state index >= 15 is 0 Å². The van der Waals surface area contributed by atoms with Crippen LogP contribution in [0.5, 0.6) is 0 Å². The molecule has 5 nitrogen and oxygen atoms in total. The molecular weight excluding hydrogens is 260 g/mol. The van der Waals surface area contributed by atoms with Gasteiger partial charge in [0.15, 0.2) is 5.16 Å². The maximum Gasteiger partial charge on any atom is 0.230 e. The minimum Gasteiger partial charge on any atom is -0.353 e. The van der Waals surface area contributed by atoms with Crippen molar-refractivity contribution >= 4 is 17.7 Å². The van der Waals surface area contributed by atoms with Gasteiger partial charge < -0.3 is 9.88 Å². The van der Waals surface area contributed by atoms with E-state index in [0.29, 0.717) is 5.75 Å². The minimum atomic E-state index is 0.0744. The van der Waals surface area contributed by atoms with Gasteiger partial charge in [-0.3, -0.25) is 4.79 Å². The van der Waals surface area contributed by atoms with E-state index in [1.165, 1.54) is 31.0 Å². The molecule has 1 aliphatic heterocycles.